The van der Waals surface area contributed by atoms with Gasteiger partial charge in [0.2, 0.25) is 0 Å². The molecular formula is C11H12O2. The molecule has 0 atom stereocenters. The van der Waals surface area contributed by atoms with Crippen LogP contribution in [-0.4, -0.2) is 0 Å². The van der Waals surface area contributed by atoms with Crippen molar-refractivity contribution in [2.24, 2.45) is 0 Å². The minimum atomic E-state index is -0.278. The van der Waals surface area contributed by atoms with E-state index < -0.39 is 0 Å². The van der Waals surface area contributed by atoms with E-state index in [2.05, 4.69) is 6.08 Å². The van der Waals surface area contributed by atoms with Crippen LogP contribution in [0.4, 0.5) is 0 Å². The third kappa shape index (κ3) is 1.89. The van der Waals surface area contributed by atoms with E-state index in [1.54, 1.807) is 6.26 Å². The third-order valence-electron chi connectivity index (χ3n) is 2.36. The van der Waals surface area contributed by atoms with Gasteiger partial charge in [-0.1, -0.05) is 6.08 Å². The molecule has 0 fully saturated rings. The smallest absolute Gasteiger partial charge is 0.335 e. The van der Waals surface area contributed by atoms with Gasteiger partial charge in [-0.15, -0.1) is 0 Å². The van der Waals surface area contributed by atoms with Crippen LogP contribution < -0.4 is 5.63 Å². The van der Waals surface area contributed by atoms with Crippen LogP contribution in [0.3, 0.4) is 0 Å². The average molecular weight is 176 g/mol. The first-order valence-corrected chi connectivity index (χ1v) is 4.64. The quantitative estimate of drug-likeness (QED) is 0.658. The Hall–Kier alpha value is -1.31. The lowest BCUT2D eigenvalue weighted by Crippen LogP contribution is -1.97. The summed E-state index contributed by atoms with van der Waals surface area (Å²) in [5.74, 6) is 0. The van der Waals surface area contributed by atoms with Crippen LogP contribution in [0.15, 0.2) is 33.7 Å². The summed E-state index contributed by atoms with van der Waals surface area (Å²) in [6.07, 6.45) is 8.56. The molecular weight excluding hydrogens is 164 g/mol. The fourth-order valence-corrected chi connectivity index (χ4v) is 1.64. The van der Waals surface area contributed by atoms with Crippen LogP contribution >= 0.6 is 0 Å². The molecule has 1 aromatic heterocycles. The third-order valence-corrected chi connectivity index (χ3v) is 2.36. The molecule has 2 nitrogen and oxygen atoms in total. The van der Waals surface area contributed by atoms with Gasteiger partial charge in [0.15, 0.2) is 0 Å². The zero-order chi connectivity index (χ0) is 9.10. The maximum absolute atomic E-state index is 10.7. The van der Waals surface area contributed by atoms with Crippen molar-refractivity contribution < 1.29 is 4.42 Å². The lowest BCUT2D eigenvalue weighted by Gasteiger charge is -2.11. The van der Waals surface area contributed by atoms with Crippen molar-refractivity contribution in [1.82, 2.24) is 0 Å². The molecule has 13 heavy (non-hydrogen) atoms. The first-order valence-electron chi connectivity index (χ1n) is 4.64. The molecule has 0 N–H and O–H groups in total. The van der Waals surface area contributed by atoms with E-state index in [-0.39, 0.29) is 5.63 Å². The molecule has 68 valence electrons. The monoisotopic (exact) mass is 176 g/mol. The van der Waals surface area contributed by atoms with E-state index in [1.807, 2.05) is 6.07 Å². The predicted molar refractivity (Wildman–Crippen MR) is 51.4 cm³/mol. The van der Waals surface area contributed by atoms with Crippen molar-refractivity contribution >= 4 is 5.57 Å². The fourth-order valence-electron chi connectivity index (χ4n) is 1.64. The second-order valence-corrected chi connectivity index (χ2v) is 3.32. The Morgan fingerprint density at radius 1 is 1.23 bits per heavy atom. The van der Waals surface area contributed by atoms with Crippen molar-refractivity contribution in [3.63, 3.8) is 0 Å². The standard InChI is InChI=1S/C11H12O2/c12-11-7-6-10(8-13-11)9-4-2-1-3-5-9/h4,6-8H,1-3,5H2. The SMILES string of the molecule is O=c1ccc(C2=CCCCC2)co1. The summed E-state index contributed by atoms with van der Waals surface area (Å²) >= 11 is 0. The summed E-state index contributed by atoms with van der Waals surface area (Å²) in [6, 6.07) is 3.31. The van der Waals surface area contributed by atoms with Crippen LogP contribution in [0.1, 0.15) is 31.2 Å². The minimum Gasteiger partial charge on any atom is -0.431 e. The molecule has 0 aliphatic heterocycles. The van der Waals surface area contributed by atoms with Crippen molar-refractivity contribution in [3.05, 3.63) is 40.5 Å². The first-order chi connectivity index (χ1) is 6.36. The Labute approximate surface area is 76.9 Å². The van der Waals surface area contributed by atoms with Gasteiger partial charge in [0.25, 0.3) is 0 Å². The zero-order valence-corrected chi connectivity index (χ0v) is 7.45. The van der Waals surface area contributed by atoms with Crippen molar-refractivity contribution in [1.29, 1.82) is 0 Å². The molecule has 0 saturated heterocycles. The van der Waals surface area contributed by atoms with Gasteiger partial charge in [-0.2, -0.15) is 0 Å². The van der Waals surface area contributed by atoms with Gasteiger partial charge in [-0.3, -0.25) is 0 Å². The average Bonchev–Trinajstić information content (AvgIpc) is 2.20. The van der Waals surface area contributed by atoms with E-state index in [0.717, 1.165) is 18.4 Å². The highest BCUT2D eigenvalue weighted by Gasteiger charge is 2.06. The number of rotatable bonds is 1. The van der Waals surface area contributed by atoms with Crippen molar-refractivity contribution in [2.45, 2.75) is 25.7 Å². The van der Waals surface area contributed by atoms with Gasteiger partial charge in [0.05, 0.1) is 0 Å². The van der Waals surface area contributed by atoms with Crippen LogP contribution in [0, 0.1) is 0 Å². The number of allylic oxidation sites excluding steroid dienone is 2. The van der Waals surface area contributed by atoms with E-state index in [0.29, 0.717) is 0 Å². The molecule has 0 radical (unpaired) electrons. The van der Waals surface area contributed by atoms with Crippen LogP contribution in [-0.2, 0) is 0 Å². The Balaban J connectivity index is 2.29. The second-order valence-electron chi connectivity index (χ2n) is 3.32. The molecule has 0 saturated carbocycles. The topological polar surface area (TPSA) is 30.2 Å². The summed E-state index contributed by atoms with van der Waals surface area (Å²) in [5, 5.41) is 0. The van der Waals surface area contributed by atoms with Gasteiger partial charge in [-0.05, 0) is 37.3 Å². The molecule has 1 aliphatic rings. The minimum absolute atomic E-state index is 0.278. The van der Waals surface area contributed by atoms with Gasteiger partial charge >= 0.3 is 5.63 Å². The Morgan fingerprint density at radius 3 is 2.77 bits per heavy atom. The van der Waals surface area contributed by atoms with Crippen LogP contribution in [0.5, 0.6) is 0 Å². The highest BCUT2D eigenvalue weighted by molar-refractivity contribution is 5.64. The largest absolute Gasteiger partial charge is 0.431 e. The highest BCUT2D eigenvalue weighted by Crippen LogP contribution is 2.25. The van der Waals surface area contributed by atoms with E-state index in [1.165, 1.54) is 24.5 Å². The summed E-state index contributed by atoms with van der Waals surface area (Å²) in [4.78, 5) is 10.7. The molecule has 0 aromatic carbocycles. The lowest BCUT2D eigenvalue weighted by atomic mass is 9.95. The normalized spacial score (nSPS) is 16.8. The molecule has 1 aromatic rings. The Morgan fingerprint density at radius 2 is 2.15 bits per heavy atom. The van der Waals surface area contributed by atoms with Crippen molar-refractivity contribution in [3.8, 4) is 0 Å². The molecule has 0 amide bonds. The summed E-state index contributed by atoms with van der Waals surface area (Å²) in [7, 11) is 0. The molecule has 1 aliphatic carbocycles. The van der Waals surface area contributed by atoms with E-state index in [9.17, 15) is 4.79 Å². The lowest BCUT2D eigenvalue weighted by molar-refractivity contribution is 0.508. The Kier molecular flexibility index (Phi) is 2.30. The molecule has 2 heteroatoms. The maximum Gasteiger partial charge on any atom is 0.335 e. The van der Waals surface area contributed by atoms with Crippen molar-refractivity contribution in [2.75, 3.05) is 0 Å². The van der Waals surface area contributed by atoms with E-state index in [4.69, 9.17) is 4.42 Å². The summed E-state index contributed by atoms with van der Waals surface area (Å²) < 4.78 is 4.82. The summed E-state index contributed by atoms with van der Waals surface area (Å²) in [6.45, 7) is 0. The van der Waals surface area contributed by atoms with Gasteiger partial charge in [0.1, 0.15) is 6.26 Å². The van der Waals surface area contributed by atoms with Crippen LogP contribution in [0.2, 0.25) is 0 Å². The Bertz CT molecular complexity index is 353. The predicted octanol–water partition coefficient (Wildman–Crippen LogP) is 2.60. The number of hydrogen-bond acceptors (Lipinski definition) is 2. The van der Waals surface area contributed by atoms with Crippen LogP contribution in [0.25, 0.3) is 5.57 Å². The fraction of sp³-hybridized carbons (Fsp3) is 0.364. The zero-order valence-electron chi connectivity index (χ0n) is 7.45. The molecule has 0 spiro atoms. The molecule has 0 bridgehead atoms. The van der Waals surface area contributed by atoms with Gasteiger partial charge in [0, 0.05) is 11.6 Å². The molecule has 2 rings (SSSR count). The maximum atomic E-state index is 10.7. The van der Waals surface area contributed by atoms with E-state index >= 15 is 0 Å². The van der Waals surface area contributed by atoms with Gasteiger partial charge < -0.3 is 4.42 Å². The summed E-state index contributed by atoms with van der Waals surface area (Å²) in [5.41, 5.74) is 2.09. The molecule has 0 unspecified atom stereocenters. The second kappa shape index (κ2) is 3.60. The van der Waals surface area contributed by atoms with Gasteiger partial charge in [-0.25, -0.2) is 4.79 Å². The first kappa shape index (κ1) is 8.30. The molecule has 1 heterocycles. The highest BCUT2D eigenvalue weighted by atomic mass is 16.4. The number of hydrogen-bond donors (Lipinski definition) is 0.